The molecule has 0 bridgehead atoms. The van der Waals surface area contributed by atoms with Gasteiger partial charge in [-0.25, -0.2) is 8.78 Å². The second kappa shape index (κ2) is 4.63. The quantitative estimate of drug-likeness (QED) is 0.789. The van der Waals surface area contributed by atoms with Crippen molar-refractivity contribution in [1.82, 2.24) is 0 Å². The van der Waals surface area contributed by atoms with Crippen LogP contribution in [0.5, 0.6) is 0 Å². The summed E-state index contributed by atoms with van der Waals surface area (Å²) in [5.41, 5.74) is -0.388. The highest BCUT2D eigenvalue weighted by Crippen LogP contribution is 2.32. The molecule has 0 aliphatic heterocycles. The summed E-state index contributed by atoms with van der Waals surface area (Å²) in [4.78, 5) is 0. The SMILES string of the molecule is O=S(=O)(F)CCC(F)(F)c1ccc(Cl)cc1. The summed E-state index contributed by atoms with van der Waals surface area (Å²) in [7, 11) is -4.88. The van der Waals surface area contributed by atoms with Crippen molar-refractivity contribution < 1.29 is 21.1 Å². The maximum Gasteiger partial charge on any atom is 0.302 e. The lowest BCUT2D eigenvalue weighted by atomic mass is 10.1. The van der Waals surface area contributed by atoms with Crippen LogP contribution in [-0.4, -0.2) is 14.2 Å². The fourth-order valence-corrected chi connectivity index (χ4v) is 1.71. The summed E-state index contributed by atoms with van der Waals surface area (Å²) in [6, 6.07) is 4.67. The fourth-order valence-electron chi connectivity index (χ4n) is 1.09. The third-order valence-electron chi connectivity index (χ3n) is 1.93. The van der Waals surface area contributed by atoms with Gasteiger partial charge in [0.1, 0.15) is 0 Å². The zero-order valence-electron chi connectivity index (χ0n) is 7.96. The number of alkyl halides is 2. The van der Waals surface area contributed by atoms with Crippen LogP contribution >= 0.6 is 11.6 Å². The van der Waals surface area contributed by atoms with E-state index in [-0.39, 0.29) is 10.6 Å². The lowest BCUT2D eigenvalue weighted by molar-refractivity contribution is -0.00765. The highest BCUT2D eigenvalue weighted by molar-refractivity contribution is 7.86. The third kappa shape index (κ3) is 4.02. The molecule has 1 aromatic rings. The molecule has 2 nitrogen and oxygen atoms in total. The second-order valence-electron chi connectivity index (χ2n) is 3.20. The summed E-state index contributed by atoms with van der Waals surface area (Å²) >= 11 is 5.51. The minimum absolute atomic E-state index is 0.290. The molecule has 0 saturated heterocycles. The Morgan fingerprint density at radius 2 is 1.69 bits per heavy atom. The van der Waals surface area contributed by atoms with Crippen LogP contribution in [0.4, 0.5) is 12.7 Å². The van der Waals surface area contributed by atoms with E-state index in [2.05, 4.69) is 0 Å². The van der Waals surface area contributed by atoms with Crippen molar-refractivity contribution in [3.05, 3.63) is 34.9 Å². The molecule has 0 atom stereocenters. The summed E-state index contributed by atoms with van der Waals surface area (Å²) in [5.74, 6) is -4.59. The fraction of sp³-hybridized carbons (Fsp3) is 0.333. The molecule has 0 aliphatic carbocycles. The summed E-state index contributed by atoms with van der Waals surface area (Å²) in [6.07, 6.45) is -1.09. The monoisotopic (exact) mass is 272 g/mol. The van der Waals surface area contributed by atoms with Crippen LogP contribution in [0, 0.1) is 0 Å². The first-order valence-electron chi connectivity index (χ1n) is 4.27. The van der Waals surface area contributed by atoms with Gasteiger partial charge in [-0.15, -0.1) is 3.89 Å². The van der Waals surface area contributed by atoms with Crippen LogP contribution in [0.3, 0.4) is 0 Å². The Balaban J connectivity index is 2.81. The van der Waals surface area contributed by atoms with E-state index in [0.717, 1.165) is 12.1 Å². The molecule has 0 aromatic heterocycles. The van der Waals surface area contributed by atoms with Crippen LogP contribution in [0.1, 0.15) is 12.0 Å². The van der Waals surface area contributed by atoms with E-state index >= 15 is 0 Å². The van der Waals surface area contributed by atoms with E-state index in [1.165, 1.54) is 12.1 Å². The molecule has 0 amide bonds. The summed E-state index contributed by atoms with van der Waals surface area (Å²) < 4.78 is 59.1. The van der Waals surface area contributed by atoms with Gasteiger partial charge in [0.15, 0.2) is 0 Å². The molecule has 0 heterocycles. The van der Waals surface area contributed by atoms with E-state index < -0.39 is 28.3 Å². The van der Waals surface area contributed by atoms with Crippen LogP contribution in [0.2, 0.25) is 5.02 Å². The molecule has 1 rings (SSSR count). The van der Waals surface area contributed by atoms with E-state index in [1.54, 1.807) is 0 Å². The van der Waals surface area contributed by atoms with E-state index in [1.807, 2.05) is 0 Å². The van der Waals surface area contributed by atoms with Crippen LogP contribution < -0.4 is 0 Å². The first kappa shape index (κ1) is 13.3. The van der Waals surface area contributed by atoms with Gasteiger partial charge in [0, 0.05) is 17.0 Å². The Morgan fingerprint density at radius 3 is 2.12 bits per heavy atom. The van der Waals surface area contributed by atoms with Crippen molar-refractivity contribution in [1.29, 1.82) is 0 Å². The number of hydrogen-bond acceptors (Lipinski definition) is 2. The van der Waals surface area contributed by atoms with Gasteiger partial charge >= 0.3 is 10.2 Å². The maximum atomic E-state index is 13.3. The van der Waals surface area contributed by atoms with E-state index in [9.17, 15) is 21.1 Å². The lowest BCUT2D eigenvalue weighted by Crippen LogP contribution is -2.17. The molecule has 1 aromatic carbocycles. The molecular weight excluding hydrogens is 265 g/mol. The Morgan fingerprint density at radius 1 is 1.19 bits per heavy atom. The zero-order valence-corrected chi connectivity index (χ0v) is 9.53. The molecule has 0 spiro atoms. The molecule has 0 N–H and O–H groups in total. The Bertz CT molecular complexity index is 456. The lowest BCUT2D eigenvalue weighted by Gasteiger charge is -2.15. The van der Waals surface area contributed by atoms with Crippen molar-refractivity contribution in [2.45, 2.75) is 12.3 Å². The van der Waals surface area contributed by atoms with E-state index in [4.69, 9.17) is 11.6 Å². The van der Waals surface area contributed by atoms with Gasteiger partial charge in [0.2, 0.25) is 0 Å². The van der Waals surface area contributed by atoms with Crippen molar-refractivity contribution >= 4 is 21.8 Å². The third-order valence-corrected chi connectivity index (χ3v) is 2.87. The normalized spacial score (nSPS) is 12.8. The van der Waals surface area contributed by atoms with Crippen molar-refractivity contribution in [3.63, 3.8) is 0 Å². The Hall–Kier alpha value is -0.750. The van der Waals surface area contributed by atoms with Crippen molar-refractivity contribution in [2.75, 3.05) is 5.75 Å². The predicted octanol–water partition coefficient (Wildman–Crippen LogP) is 3.12. The largest absolute Gasteiger partial charge is 0.302 e. The summed E-state index contributed by atoms with van der Waals surface area (Å²) in [5, 5.41) is 0.290. The Labute approximate surface area is 96.2 Å². The smallest absolute Gasteiger partial charge is 0.201 e. The average Bonchev–Trinajstić information content (AvgIpc) is 2.15. The average molecular weight is 273 g/mol. The minimum Gasteiger partial charge on any atom is -0.201 e. The van der Waals surface area contributed by atoms with Crippen LogP contribution in [0.25, 0.3) is 0 Å². The van der Waals surface area contributed by atoms with Gasteiger partial charge in [0.05, 0.1) is 5.75 Å². The maximum absolute atomic E-state index is 13.3. The number of rotatable bonds is 4. The zero-order chi connectivity index (χ0) is 12.4. The first-order chi connectivity index (χ1) is 7.21. The molecule has 16 heavy (non-hydrogen) atoms. The topological polar surface area (TPSA) is 34.1 Å². The first-order valence-corrected chi connectivity index (χ1v) is 6.20. The number of halogens is 4. The predicted molar refractivity (Wildman–Crippen MR) is 54.9 cm³/mol. The number of benzene rings is 1. The van der Waals surface area contributed by atoms with Gasteiger partial charge in [-0.3, -0.25) is 0 Å². The van der Waals surface area contributed by atoms with Gasteiger partial charge in [-0.1, -0.05) is 23.7 Å². The minimum atomic E-state index is -4.88. The molecule has 0 saturated carbocycles. The Kier molecular flexibility index (Phi) is 3.85. The molecule has 90 valence electrons. The van der Waals surface area contributed by atoms with Crippen molar-refractivity contribution in [3.8, 4) is 0 Å². The molecule has 0 radical (unpaired) electrons. The highest BCUT2D eigenvalue weighted by atomic mass is 35.5. The van der Waals surface area contributed by atoms with Gasteiger partial charge in [-0.2, -0.15) is 8.42 Å². The second-order valence-corrected chi connectivity index (χ2v) is 5.13. The van der Waals surface area contributed by atoms with Crippen molar-refractivity contribution in [2.24, 2.45) is 0 Å². The molecule has 0 unspecified atom stereocenters. The molecular formula is C9H8ClF3O2S. The molecule has 0 fully saturated rings. The van der Waals surface area contributed by atoms with Gasteiger partial charge in [-0.05, 0) is 12.1 Å². The summed E-state index contributed by atoms with van der Waals surface area (Å²) in [6.45, 7) is 0. The number of hydrogen-bond donors (Lipinski definition) is 0. The standard InChI is InChI=1S/C9H8ClF3O2S/c10-8-3-1-7(2-4-8)9(11,12)5-6-16(13,14)15/h1-4H,5-6H2. The van der Waals surface area contributed by atoms with Gasteiger partial charge < -0.3 is 0 Å². The highest BCUT2D eigenvalue weighted by Gasteiger charge is 2.33. The molecule has 0 aliphatic rings. The van der Waals surface area contributed by atoms with Gasteiger partial charge in [0.25, 0.3) is 5.92 Å². The van der Waals surface area contributed by atoms with E-state index in [0.29, 0.717) is 0 Å². The molecule has 7 heteroatoms. The van der Waals surface area contributed by atoms with Crippen LogP contribution in [0.15, 0.2) is 24.3 Å². The van der Waals surface area contributed by atoms with Crippen LogP contribution in [-0.2, 0) is 16.1 Å².